The van der Waals surface area contributed by atoms with Gasteiger partial charge in [0.2, 0.25) is 0 Å². The number of benzene rings is 2. The number of amides is 2. The molecule has 0 bridgehead atoms. The quantitative estimate of drug-likeness (QED) is 0.360. The fourth-order valence-corrected chi connectivity index (χ4v) is 4.18. The Labute approximate surface area is 214 Å². The number of ether oxygens (including phenoxy) is 1. The molecule has 0 saturated carbocycles. The van der Waals surface area contributed by atoms with Crippen molar-refractivity contribution in [1.82, 2.24) is 30.3 Å². The first-order valence-electron chi connectivity index (χ1n) is 12.2. The zero-order chi connectivity index (χ0) is 26.0. The molecule has 3 heterocycles. The summed E-state index contributed by atoms with van der Waals surface area (Å²) in [4.78, 5) is 31.4. The second-order valence-corrected chi connectivity index (χ2v) is 10.0. The number of likely N-dealkylation sites (tertiary alicyclic amines) is 1. The summed E-state index contributed by atoms with van der Waals surface area (Å²) in [7, 11) is 0. The third-order valence-corrected chi connectivity index (χ3v) is 6.04. The number of aromatic nitrogens is 5. The maximum Gasteiger partial charge on any atom is 0.410 e. The average molecular weight is 500 g/mol. The van der Waals surface area contributed by atoms with Crippen molar-refractivity contribution in [2.75, 3.05) is 18.4 Å². The summed E-state index contributed by atoms with van der Waals surface area (Å²) < 4.78 is 5.46. The van der Waals surface area contributed by atoms with Crippen LogP contribution < -0.4 is 5.32 Å². The normalized spacial score (nSPS) is 15.5. The second-order valence-electron chi connectivity index (χ2n) is 10.0. The smallest absolute Gasteiger partial charge is 0.410 e. The van der Waals surface area contributed by atoms with Gasteiger partial charge in [-0.25, -0.2) is 9.78 Å². The summed E-state index contributed by atoms with van der Waals surface area (Å²) in [5.41, 5.74) is 3.00. The number of carbonyl (C=O) groups excluding carboxylic acids is 2. The summed E-state index contributed by atoms with van der Waals surface area (Å²) in [5.74, 6) is 1.02. The van der Waals surface area contributed by atoms with Crippen LogP contribution >= 0.6 is 0 Å². The van der Waals surface area contributed by atoms with Crippen molar-refractivity contribution < 1.29 is 14.3 Å². The zero-order valence-corrected chi connectivity index (χ0v) is 21.0. The first-order chi connectivity index (χ1) is 17.7. The number of rotatable bonds is 5. The minimum Gasteiger partial charge on any atom is -0.444 e. The lowest BCUT2D eigenvalue weighted by atomic mass is 10.1. The van der Waals surface area contributed by atoms with Gasteiger partial charge in [0.25, 0.3) is 5.91 Å². The van der Waals surface area contributed by atoms with Crippen LogP contribution in [0.5, 0.6) is 0 Å². The van der Waals surface area contributed by atoms with Crippen LogP contribution in [0.2, 0.25) is 0 Å². The van der Waals surface area contributed by atoms with Crippen molar-refractivity contribution in [3.05, 3.63) is 72.1 Å². The summed E-state index contributed by atoms with van der Waals surface area (Å²) in [6.45, 7) is 6.67. The monoisotopic (exact) mass is 499 g/mol. The molecule has 0 spiro atoms. The number of H-pyrrole nitrogens is 2. The number of nitrogens with zero attached hydrogens (tertiary/aromatic N) is 4. The molecular formula is C27H29N7O3. The van der Waals surface area contributed by atoms with E-state index in [9.17, 15) is 9.59 Å². The van der Waals surface area contributed by atoms with Gasteiger partial charge in [-0.2, -0.15) is 10.2 Å². The topological polar surface area (TPSA) is 129 Å². The van der Waals surface area contributed by atoms with E-state index in [1.165, 1.54) is 0 Å². The number of hydrogen-bond acceptors (Lipinski definition) is 6. The van der Waals surface area contributed by atoms with E-state index in [1.54, 1.807) is 23.1 Å². The molecule has 3 N–H and O–H groups in total. The Morgan fingerprint density at radius 1 is 1.00 bits per heavy atom. The molecule has 1 fully saturated rings. The van der Waals surface area contributed by atoms with Crippen LogP contribution in [0.4, 0.5) is 10.5 Å². The third-order valence-electron chi connectivity index (χ3n) is 6.04. The van der Waals surface area contributed by atoms with Gasteiger partial charge in [-0.15, -0.1) is 0 Å². The number of aromatic amines is 2. The van der Waals surface area contributed by atoms with Crippen molar-refractivity contribution in [2.24, 2.45) is 0 Å². The van der Waals surface area contributed by atoms with E-state index in [-0.39, 0.29) is 23.6 Å². The zero-order valence-electron chi connectivity index (χ0n) is 21.0. The summed E-state index contributed by atoms with van der Waals surface area (Å²) in [5, 5.41) is 17.3. The van der Waals surface area contributed by atoms with Gasteiger partial charge < -0.3 is 15.0 Å². The van der Waals surface area contributed by atoms with Gasteiger partial charge in [-0.05, 0) is 57.5 Å². The molecule has 1 unspecified atom stereocenters. The molecule has 2 amide bonds. The van der Waals surface area contributed by atoms with E-state index in [0.717, 1.165) is 23.2 Å². The molecule has 10 heteroatoms. The van der Waals surface area contributed by atoms with Crippen LogP contribution in [0, 0.1) is 0 Å². The molecule has 37 heavy (non-hydrogen) atoms. The first kappa shape index (κ1) is 24.2. The first-order valence-corrected chi connectivity index (χ1v) is 12.2. The second kappa shape index (κ2) is 9.88. The van der Waals surface area contributed by atoms with Crippen LogP contribution in [0.15, 0.2) is 60.7 Å². The van der Waals surface area contributed by atoms with Crippen molar-refractivity contribution >= 4 is 17.7 Å². The molecule has 0 aliphatic carbocycles. The Hall–Kier alpha value is -4.47. The highest BCUT2D eigenvalue weighted by molar-refractivity contribution is 6.03. The standard InChI is InChI=1S/C27H29N7O3/c1-27(2,3)37-26(36)34-14-13-19(16-34)21-15-22(31-30-21)25(35)28-20-11-9-18(10-12-20)24-29-23(32-33-24)17-7-5-4-6-8-17/h4-12,15,19H,13-14,16H2,1-3H3,(H,28,35)(H,30,31)(H,29,32,33). The summed E-state index contributed by atoms with van der Waals surface area (Å²) in [6, 6.07) is 18.8. The van der Waals surface area contributed by atoms with Crippen LogP contribution in [-0.2, 0) is 4.74 Å². The number of nitrogens with one attached hydrogen (secondary N) is 3. The minimum atomic E-state index is -0.535. The van der Waals surface area contributed by atoms with E-state index in [2.05, 4.69) is 30.7 Å². The van der Waals surface area contributed by atoms with Crippen LogP contribution in [-0.4, -0.2) is 61.0 Å². The van der Waals surface area contributed by atoms with Gasteiger partial charge in [0.15, 0.2) is 17.3 Å². The predicted molar refractivity (Wildman–Crippen MR) is 139 cm³/mol. The number of carbonyl (C=O) groups is 2. The van der Waals surface area contributed by atoms with Gasteiger partial charge in [-0.1, -0.05) is 30.3 Å². The predicted octanol–water partition coefficient (Wildman–Crippen LogP) is 4.84. The molecule has 0 radical (unpaired) electrons. The van der Waals surface area contributed by atoms with Crippen LogP contribution in [0.3, 0.4) is 0 Å². The van der Waals surface area contributed by atoms with Gasteiger partial charge in [-0.3, -0.25) is 15.0 Å². The molecule has 1 saturated heterocycles. The molecule has 1 aliphatic rings. The Kier molecular flexibility index (Phi) is 6.47. The molecule has 10 nitrogen and oxygen atoms in total. The fraction of sp³-hybridized carbons (Fsp3) is 0.296. The van der Waals surface area contributed by atoms with Gasteiger partial charge in [0.1, 0.15) is 5.60 Å². The number of anilines is 1. The maximum atomic E-state index is 12.8. The third kappa shape index (κ3) is 5.69. The Morgan fingerprint density at radius 2 is 1.76 bits per heavy atom. The average Bonchev–Trinajstić information content (AvgIpc) is 3.65. The van der Waals surface area contributed by atoms with E-state index in [0.29, 0.717) is 30.4 Å². The molecule has 4 aromatic rings. The lowest BCUT2D eigenvalue weighted by Crippen LogP contribution is -2.35. The largest absolute Gasteiger partial charge is 0.444 e. The van der Waals surface area contributed by atoms with Crippen molar-refractivity contribution in [3.8, 4) is 22.8 Å². The highest BCUT2D eigenvalue weighted by Gasteiger charge is 2.31. The Bertz CT molecular complexity index is 1390. The van der Waals surface area contributed by atoms with Gasteiger partial charge in [0, 0.05) is 41.5 Å². The van der Waals surface area contributed by atoms with E-state index in [1.807, 2.05) is 63.2 Å². The van der Waals surface area contributed by atoms with E-state index < -0.39 is 5.60 Å². The maximum absolute atomic E-state index is 12.8. The molecule has 1 atom stereocenters. The van der Waals surface area contributed by atoms with Crippen molar-refractivity contribution in [3.63, 3.8) is 0 Å². The van der Waals surface area contributed by atoms with Gasteiger partial charge in [0.05, 0.1) is 0 Å². The lowest BCUT2D eigenvalue weighted by Gasteiger charge is -2.24. The molecule has 2 aromatic heterocycles. The molecule has 5 rings (SSSR count). The number of hydrogen-bond donors (Lipinski definition) is 3. The van der Waals surface area contributed by atoms with Crippen molar-refractivity contribution in [2.45, 2.75) is 38.7 Å². The lowest BCUT2D eigenvalue weighted by molar-refractivity contribution is 0.0292. The van der Waals surface area contributed by atoms with Gasteiger partial charge >= 0.3 is 6.09 Å². The highest BCUT2D eigenvalue weighted by Crippen LogP contribution is 2.28. The molecule has 1 aliphatic heterocycles. The molecule has 2 aromatic carbocycles. The summed E-state index contributed by atoms with van der Waals surface area (Å²) in [6.07, 6.45) is 0.454. The minimum absolute atomic E-state index is 0.0727. The highest BCUT2D eigenvalue weighted by atomic mass is 16.6. The summed E-state index contributed by atoms with van der Waals surface area (Å²) >= 11 is 0. The SMILES string of the molecule is CC(C)(C)OC(=O)N1CCC(c2cc(C(=O)Nc3ccc(-c4nc(-c5ccccc5)n[nH]4)cc3)n[nH]2)C1. The van der Waals surface area contributed by atoms with E-state index >= 15 is 0 Å². The van der Waals surface area contributed by atoms with E-state index in [4.69, 9.17) is 4.74 Å². The Balaban J connectivity index is 1.19. The fourth-order valence-electron chi connectivity index (χ4n) is 4.18. The Morgan fingerprint density at radius 3 is 2.49 bits per heavy atom. The molecular weight excluding hydrogens is 470 g/mol. The van der Waals surface area contributed by atoms with Crippen LogP contribution in [0.25, 0.3) is 22.8 Å². The molecule has 190 valence electrons. The van der Waals surface area contributed by atoms with Crippen LogP contribution in [0.1, 0.15) is 49.3 Å². The van der Waals surface area contributed by atoms with Crippen molar-refractivity contribution in [1.29, 1.82) is 0 Å².